The van der Waals surface area contributed by atoms with Gasteiger partial charge in [-0.15, -0.1) is 0 Å². The number of rotatable bonds is 5. The molecule has 1 rings (SSSR count). The van der Waals surface area contributed by atoms with E-state index in [1.807, 2.05) is 0 Å². The predicted octanol–water partition coefficient (Wildman–Crippen LogP) is -1.35. The Morgan fingerprint density at radius 1 is 1.31 bits per heavy atom. The highest BCUT2D eigenvalue weighted by Gasteiger charge is 2.15. The number of pyridine rings is 1. The third-order valence-electron chi connectivity index (χ3n) is 1.48. The van der Waals surface area contributed by atoms with E-state index in [1.54, 1.807) is 18.2 Å². The minimum Gasteiger partial charge on any atom is -0.324 e. The van der Waals surface area contributed by atoms with Crippen molar-refractivity contribution in [1.29, 1.82) is 0 Å². The molecule has 0 radical (unpaired) electrons. The van der Waals surface area contributed by atoms with Gasteiger partial charge in [0.25, 0.3) is 0 Å². The molecule has 0 aliphatic heterocycles. The lowest BCUT2D eigenvalue weighted by molar-refractivity contribution is -0.869. The Labute approximate surface area is 91.8 Å². The standard InChI is InChI=1S/C8H11N2O5P/c11-8(6-9-7-16(12,13)14)15-10-4-2-1-3-5-10/h1-5,9H,6-7H2,(H-,12,13,14)/p+1. The zero-order valence-electron chi connectivity index (χ0n) is 8.31. The van der Waals surface area contributed by atoms with Gasteiger partial charge in [0, 0.05) is 16.9 Å². The summed E-state index contributed by atoms with van der Waals surface area (Å²) in [4.78, 5) is 33.0. The number of hydrogen-bond donors (Lipinski definition) is 3. The summed E-state index contributed by atoms with van der Waals surface area (Å²) in [6, 6.07) is 5.11. The van der Waals surface area contributed by atoms with Crippen molar-refractivity contribution in [1.82, 2.24) is 5.32 Å². The first-order valence-corrected chi connectivity index (χ1v) is 6.20. The fourth-order valence-corrected chi connectivity index (χ4v) is 1.30. The molecule has 0 aromatic carbocycles. The van der Waals surface area contributed by atoms with Crippen molar-refractivity contribution in [2.75, 3.05) is 12.8 Å². The van der Waals surface area contributed by atoms with Crippen LogP contribution in [-0.2, 0) is 9.36 Å². The van der Waals surface area contributed by atoms with E-state index < -0.39 is 19.9 Å². The molecule has 88 valence electrons. The Kier molecular flexibility index (Phi) is 4.57. The van der Waals surface area contributed by atoms with E-state index in [4.69, 9.17) is 14.6 Å². The Balaban J connectivity index is 2.30. The van der Waals surface area contributed by atoms with Crippen LogP contribution >= 0.6 is 7.60 Å². The lowest BCUT2D eigenvalue weighted by Gasteiger charge is -2.03. The second-order valence-corrected chi connectivity index (χ2v) is 4.59. The summed E-state index contributed by atoms with van der Waals surface area (Å²) < 4.78 is 11.6. The molecule has 8 heteroatoms. The van der Waals surface area contributed by atoms with E-state index in [0.717, 1.165) is 0 Å². The van der Waals surface area contributed by atoms with Crippen LogP contribution in [0.4, 0.5) is 0 Å². The number of nitrogens with zero attached hydrogens (tertiary/aromatic N) is 1. The number of carbonyl (C=O) groups is 1. The van der Waals surface area contributed by atoms with Crippen LogP contribution in [0.1, 0.15) is 0 Å². The molecular formula is C8H12N2O5P+. The maximum absolute atomic E-state index is 11.1. The topological polar surface area (TPSA) is 99.7 Å². The molecule has 0 bridgehead atoms. The van der Waals surface area contributed by atoms with Gasteiger partial charge in [0.1, 0.15) is 6.54 Å². The molecule has 1 heterocycles. The number of aromatic nitrogens is 1. The van der Waals surface area contributed by atoms with Crippen molar-refractivity contribution in [3.63, 3.8) is 0 Å². The summed E-state index contributed by atoms with van der Waals surface area (Å²) in [7, 11) is -4.13. The summed E-state index contributed by atoms with van der Waals surface area (Å²) in [6.45, 7) is -0.271. The van der Waals surface area contributed by atoms with Crippen molar-refractivity contribution in [3.05, 3.63) is 30.6 Å². The molecule has 0 saturated heterocycles. The maximum Gasteiger partial charge on any atom is 0.394 e. The van der Waals surface area contributed by atoms with Gasteiger partial charge in [-0.25, -0.2) is 4.79 Å². The molecular weight excluding hydrogens is 235 g/mol. The number of hydrogen-bond acceptors (Lipinski definition) is 4. The largest absolute Gasteiger partial charge is 0.394 e. The van der Waals surface area contributed by atoms with Crippen LogP contribution in [0.3, 0.4) is 0 Å². The Bertz CT molecular complexity index is 391. The summed E-state index contributed by atoms with van der Waals surface area (Å²) in [5, 5.41) is 2.29. The Hall–Kier alpha value is -1.27. The van der Waals surface area contributed by atoms with Crippen molar-refractivity contribution in [2.45, 2.75) is 0 Å². The van der Waals surface area contributed by atoms with E-state index in [1.165, 1.54) is 17.1 Å². The van der Waals surface area contributed by atoms with Crippen LogP contribution in [0.25, 0.3) is 0 Å². The monoisotopic (exact) mass is 247 g/mol. The second-order valence-electron chi connectivity index (χ2n) is 2.95. The molecule has 16 heavy (non-hydrogen) atoms. The first-order chi connectivity index (χ1) is 7.47. The SMILES string of the molecule is O=C(CNCP(=O)(O)O)O[n+]1ccccc1. The van der Waals surface area contributed by atoms with Crippen molar-refractivity contribution in [3.8, 4) is 0 Å². The summed E-state index contributed by atoms with van der Waals surface area (Å²) in [5.74, 6) is -0.635. The summed E-state index contributed by atoms with van der Waals surface area (Å²) >= 11 is 0. The zero-order chi connectivity index (χ0) is 12.0. The predicted molar refractivity (Wildman–Crippen MR) is 53.1 cm³/mol. The fourth-order valence-electron chi connectivity index (χ4n) is 0.897. The quantitative estimate of drug-likeness (QED) is 0.439. The molecule has 0 spiro atoms. The smallest absolute Gasteiger partial charge is 0.324 e. The molecule has 7 nitrogen and oxygen atoms in total. The highest BCUT2D eigenvalue weighted by Crippen LogP contribution is 2.31. The van der Waals surface area contributed by atoms with E-state index in [-0.39, 0.29) is 6.54 Å². The lowest BCUT2D eigenvalue weighted by Crippen LogP contribution is -2.47. The molecule has 0 fully saturated rings. The van der Waals surface area contributed by atoms with Crippen LogP contribution in [-0.4, -0.2) is 28.6 Å². The Morgan fingerprint density at radius 3 is 2.50 bits per heavy atom. The third-order valence-corrected chi connectivity index (χ3v) is 2.12. The van der Waals surface area contributed by atoms with Crippen LogP contribution in [0.5, 0.6) is 0 Å². The highest BCUT2D eigenvalue weighted by atomic mass is 31.2. The number of carbonyl (C=O) groups excluding carboxylic acids is 1. The van der Waals surface area contributed by atoms with Gasteiger partial charge in [0.2, 0.25) is 12.4 Å². The molecule has 0 unspecified atom stereocenters. The molecule has 0 aliphatic rings. The average Bonchev–Trinajstić information content (AvgIpc) is 2.17. The zero-order valence-corrected chi connectivity index (χ0v) is 9.21. The van der Waals surface area contributed by atoms with E-state index in [9.17, 15) is 9.36 Å². The average molecular weight is 247 g/mol. The van der Waals surface area contributed by atoms with Gasteiger partial charge in [0.05, 0.1) is 6.29 Å². The normalized spacial score (nSPS) is 11.1. The van der Waals surface area contributed by atoms with Gasteiger partial charge in [-0.2, -0.15) is 4.84 Å². The van der Waals surface area contributed by atoms with Gasteiger partial charge in [-0.3, -0.25) is 9.88 Å². The van der Waals surface area contributed by atoms with Gasteiger partial charge in [-0.05, 0) is 0 Å². The summed E-state index contributed by atoms with van der Waals surface area (Å²) in [5.41, 5.74) is 0. The minimum atomic E-state index is -4.13. The lowest BCUT2D eigenvalue weighted by atomic mass is 10.5. The van der Waals surface area contributed by atoms with E-state index >= 15 is 0 Å². The Morgan fingerprint density at radius 2 is 1.94 bits per heavy atom. The van der Waals surface area contributed by atoms with Crippen LogP contribution in [0, 0.1) is 0 Å². The van der Waals surface area contributed by atoms with Gasteiger partial charge in [-0.1, -0.05) is 6.07 Å². The molecule has 1 aromatic heterocycles. The highest BCUT2D eigenvalue weighted by molar-refractivity contribution is 7.51. The maximum atomic E-state index is 11.1. The van der Waals surface area contributed by atoms with Gasteiger partial charge in [0.15, 0.2) is 0 Å². The molecule has 0 saturated carbocycles. The van der Waals surface area contributed by atoms with Gasteiger partial charge < -0.3 is 9.79 Å². The fraction of sp³-hybridized carbons (Fsp3) is 0.250. The number of nitrogens with one attached hydrogen (secondary N) is 1. The van der Waals surface area contributed by atoms with Crippen LogP contribution in [0.2, 0.25) is 0 Å². The van der Waals surface area contributed by atoms with Crippen molar-refractivity contribution < 1.29 is 28.7 Å². The summed E-state index contributed by atoms with van der Waals surface area (Å²) in [6.07, 6.45) is 2.50. The van der Waals surface area contributed by atoms with Crippen LogP contribution in [0.15, 0.2) is 30.6 Å². The first-order valence-electron chi connectivity index (χ1n) is 4.40. The van der Waals surface area contributed by atoms with Gasteiger partial charge >= 0.3 is 13.6 Å². The van der Waals surface area contributed by atoms with Crippen LogP contribution < -0.4 is 14.9 Å². The van der Waals surface area contributed by atoms with E-state index in [0.29, 0.717) is 0 Å². The molecule has 3 N–H and O–H groups in total. The molecule has 0 atom stereocenters. The minimum absolute atomic E-state index is 0.271. The first kappa shape index (κ1) is 12.8. The third kappa shape index (κ3) is 5.57. The molecule has 1 aromatic rings. The molecule has 0 amide bonds. The molecule has 0 aliphatic carbocycles. The second kappa shape index (κ2) is 5.72. The van der Waals surface area contributed by atoms with Crippen molar-refractivity contribution in [2.24, 2.45) is 0 Å². The van der Waals surface area contributed by atoms with Crippen molar-refractivity contribution >= 4 is 13.6 Å². The van der Waals surface area contributed by atoms with E-state index in [2.05, 4.69) is 5.32 Å².